The molecule has 1 aromatic carbocycles. The summed E-state index contributed by atoms with van der Waals surface area (Å²) in [6.07, 6.45) is 5.78. The number of hydrogen-bond acceptors (Lipinski definition) is 4. The number of nitrogens with one attached hydrogen (secondary N) is 1. The Morgan fingerprint density at radius 3 is 2.38 bits per heavy atom. The van der Waals surface area contributed by atoms with Crippen LogP contribution in [0.25, 0.3) is 0 Å². The Bertz CT molecular complexity index is 904. The van der Waals surface area contributed by atoms with Gasteiger partial charge in [0, 0.05) is 24.3 Å². The number of rotatable bonds is 6. The Morgan fingerprint density at radius 1 is 1.08 bits per heavy atom. The quantitative estimate of drug-likeness (QED) is 0.712. The molecule has 132 valence electrons. The maximum Gasteiger partial charge on any atom is 0.328 e. The molecule has 2 heterocycles. The second-order valence-electron chi connectivity index (χ2n) is 5.88. The molecule has 26 heavy (non-hydrogen) atoms. The normalized spacial score (nSPS) is 11.7. The lowest BCUT2D eigenvalue weighted by molar-refractivity contribution is -0.140. The minimum Gasteiger partial charge on any atom is -0.480 e. The minimum atomic E-state index is -1.01. The number of carbonyl (C=O) groups is 2. The molecule has 0 fully saturated rings. The summed E-state index contributed by atoms with van der Waals surface area (Å²) in [7, 11) is 0. The molecule has 7 nitrogen and oxygen atoms in total. The van der Waals surface area contributed by atoms with Crippen LogP contribution in [-0.4, -0.2) is 31.7 Å². The van der Waals surface area contributed by atoms with E-state index in [0.29, 0.717) is 5.69 Å². The van der Waals surface area contributed by atoms with E-state index < -0.39 is 12.0 Å². The van der Waals surface area contributed by atoms with Crippen LogP contribution >= 0.6 is 0 Å². The molecule has 1 amide bonds. The van der Waals surface area contributed by atoms with Crippen molar-refractivity contribution in [3.8, 4) is 0 Å². The lowest BCUT2D eigenvalue weighted by atomic mass is 10.1. The van der Waals surface area contributed by atoms with Gasteiger partial charge >= 0.3 is 5.97 Å². The number of benzene rings is 1. The number of carboxylic acid groups (broad SMARTS) is 1. The Labute approximate surface area is 150 Å². The highest BCUT2D eigenvalue weighted by Gasteiger charge is 2.17. The molecule has 0 aliphatic rings. The molecule has 3 aromatic rings. The highest BCUT2D eigenvalue weighted by atomic mass is 16.4. The average molecular weight is 350 g/mol. The second-order valence-corrected chi connectivity index (χ2v) is 5.88. The Balaban J connectivity index is 1.63. The molecule has 0 spiro atoms. The first-order valence-corrected chi connectivity index (χ1v) is 8.10. The summed E-state index contributed by atoms with van der Waals surface area (Å²) in [5.41, 5.74) is 3.09. The van der Waals surface area contributed by atoms with Gasteiger partial charge in [-0.1, -0.05) is 12.1 Å². The van der Waals surface area contributed by atoms with E-state index in [1.807, 2.05) is 36.4 Å². The molecule has 0 aliphatic carbocycles. The van der Waals surface area contributed by atoms with E-state index >= 15 is 0 Å². The number of nitrogens with zero attached hydrogens (tertiary/aromatic N) is 3. The van der Waals surface area contributed by atoms with Crippen molar-refractivity contribution in [2.45, 2.75) is 19.4 Å². The third-order valence-electron chi connectivity index (χ3n) is 3.96. The average Bonchev–Trinajstić information content (AvgIpc) is 3.13. The van der Waals surface area contributed by atoms with E-state index in [1.54, 1.807) is 12.4 Å². The van der Waals surface area contributed by atoms with E-state index in [4.69, 9.17) is 5.11 Å². The molecule has 0 radical (unpaired) electrons. The van der Waals surface area contributed by atoms with Gasteiger partial charge in [-0.3, -0.25) is 14.5 Å². The van der Waals surface area contributed by atoms with Gasteiger partial charge in [0.15, 0.2) is 5.69 Å². The van der Waals surface area contributed by atoms with Crippen molar-refractivity contribution in [2.24, 2.45) is 0 Å². The Kier molecular flexibility index (Phi) is 5.07. The smallest absolute Gasteiger partial charge is 0.328 e. The van der Waals surface area contributed by atoms with Gasteiger partial charge in [-0.2, -0.15) is 5.10 Å². The van der Waals surface area contributed by atoms with Crippen LogP contribution in [0, 0.1) is 0 Å². The zero-order valence-electron chi connectivity index (χ0n) is 14.2. The molecule has 0 saturated heterocycles. The molecular weight excluding hydrogens is 332 g/mol. The molecule has 1 atom stereocenters. The van der Waals surface area contributed by atoms with Crippen LogP contribution in [0.5, 0.6) is 0 Å². The Hall–Kier alpha value is -3.48. The van der Waals surface area contributed by atoms with Gasteiger partial charge in [-0.25, -0.2) is 4.79 Å². The zero-order valence-corrected chi connectivity index (χ0v) is 14.2. The topological polar surface area (TPSA) is 97.1 Å². The first kappa shape index (κ1) is 17.3. The van der Waals surface area contributed by atoms with Crippen LogP contribution in [0.3, 0.4) is 0 Å². The maximum absolute atomic E-state index is 12.3. The fraction of sp³-hybridized carbons (Fsp3) is 0.158. The molecule has 2 N–H and O–H groups in total. The van der Waals surface area contributed by atoms with Gasteiger partial charge in [0.2, 0.25) is 0 Å². The van der Waals surface area contributed by atoms with E-state index in [2.05, 4.69) is 15.4 Å². The van der Waals surface area contributed by atoms with Gasteiger partial charge in [0.25, 0.3) is 5.91 Å². The van der Waals surface area contributed by atoms with Crippen molar-refractivity contribution in [1.82, 2.24) is 14.8 Å². The molecule has 0 bridgehead atoms. The van der Waals surface area contributed by atoms with Gasteiger partial charge in [-0.05, 0) is 54.8 Å². The maximum atomic E-state index is 12.3. The monoisotopic (exact) mass is 350 g/mol. The lowest BCUT2D eigenvalue weighted by Crippen LogP contribution is -2.18. The third-order valence-corrected chi connectivity index (χ3v) is 3.96. The highest BCUT2D eigenvalue weighted by molar-refractivity contribution is 6.02. The SMILES string of the molecule is CC(C(=O)O)n1ccc(C(=O)Nc2ccc(Cc3ccncc3)cc2)n1. The van der Waals surface area contributed by atoms with E-state index in [0.717, 1.165) is 17.5 Å². The fourth-order valence-corrected chi connectivity index (χ4v) is 2.43. The summed E-state index contributed by atoms with van der Waals surface area (Å²) >= 11 is 0. The molecular formula is C19H18N4O3. The van der Waals surface area contributed by atoms with E-state index in [9.17, 15) is 9.59 Å². The summed E-state index contributed by atoms with van der Waals surface area (Å²) in [6.45, 7) is 1.50. The van der Waals surface area contributed by atoms with Gasteiger partial charge in [0.1, 0.15) is 6.04 Å². The number of aliphatic carboxylic acids is 1. The third kappa shape index (κ3) is 4.13. The second kappa shape index (κ2) is 7.60. The molecule has 0 aliphatic heterocycles. The summed E-state index contributed by atoms with van der Waals surface area (Å²) in [6, 6.07) is 12.1. The number of aromatic nitrogens is 3. The van der Waals surface area contributed by atoms with Crippen molar-refractivity contribution >= 4 is 17.6 Å². The van der Waals surface area contributed by atoms with Crippen LogP contribution in [0.1, 0.15) is 34.6 Å². The zero-order chi connectivity index (χ0) is 18.5. The number of carboxylic acids is 1. The minimum absolute atomic E-state index is 0.166. The first-order chi connectivity index (χ1) is 12.5. The number of hydrogen-bond donors (Lipinski definition) is 2. The number of amides is 1. The van der Waals surface area contributed by atoms with Crippen molar-refractivity contribution in [3.05, 3.63) is 77.9 Å². The largest absolute Gasteiger partial charge is 0.480 e. The van der Waals surface area contributed by atoms with Crippen LogP contribution < -0.4 is 5.32 Å². The summed E-state index contributed by atoms with van der Waals surface area (Å²) < 4.78 is 1.25. The van der Waals surface area contributed by atoms with Crippen LogP contribution in [0.4, 0.5) is 5.69 Å². The highest BCUT2D eigenvalue weighted by Crippen LogP contribution is 2.14. The Morgan fingerprint density at radius 2 is 1.73 bits per heavy atom. The fourth-order valence-electron chi connectivity index (χ4n) is 2.43. The molecule has 7 heteroatoms. The first-order valence-electron chi connectivity index (χ1n) is 8.10. The summed E-state index contributed by atoms with van der Waals surface area (Å²) in [5, 5.41) is 15.8. The number of pyridine rings is 1. The lowest BCUT2D eigenvalue weighted by Gasteiger charge is -2.07. The summed E-state index contributed by atoms with van der Waals surface area (Å²) in [5.74, 6) is -1.40. The van der Waals surface area contributed by atoms with E-state index in [-0.39, 0.29) is 11.6 Å². The standard InChI is InChI=1S/C19H18N4O3/c1-13(19(25)26)23-11-8-17(22-23)18(24)21-16-4-2-14(3-5-16)12-15-6-9-20-10-7-15/h2-11,13H,12H2,1H3,(H,21,24)(H,25,26). The predicted molar refractivity (Wildman–Crippen MR) is 96.0 cm³/mol. The van der Waals surface area contributed by atoms with Crippen molar-refractivity contribution < 1.29 is 14.7 Å². The van der Waals surface area contributed by atoms with E-state index in [1.165, 1.54) is 23.9 Å². The number of anilines is 1. The predicted octanol–water partition coefficient (Wildman–Crippen LogP) is 2.77. The van der Waals surface area contributed by atoms with Crippen LogP contribution in [0.15, 0.2) is 61.1 Å². The summed E-state index contributed by atoms with van der Waals surface area (Å²) in [4.78, 5) is 27.2. The molecule has 3 rings (SSSR count). The van der Waals surface area contributed by atoms with Gasteiger partial charge < -0.3 is 10.4 Å². The molecule has 2 aromatic heterocycles. The van der Waals surface area contributed by atoms with Gasteiger partial charge in [0.05, 0.1) is 0 Å². The number of carbonyl (C=O) groups excluding carboxylic acids is 1. The van der Waals surface area contributed by atoms with Crippen LogP contribution in [-0.2, 0) is 11.2 Å². The molecule has 1 unspecified atom stereocenters. The van der Waals surface area contributed by atoms with Crippen molar-refractivity contribution in [3.63, 3.8) is 0 Å². The van der Waals surface area contributed by atoms with Crippen LogP contribution in [0.2, 0.25) is 0 Å². The van der Waals surface area contributed by atoms with Gasteiger partial charge in [-0.15, -0.1) is 0 Å². The van der Waals surface area contributed by atoms with Crippen molar-refractivity contribution in [2.75, 3.05) is 5.32 Å². The molecule has 0 saturated carbocycles. The van der Waals surface area contributed by atoms with Crippen molar-refractivity contribution in [1.29, 1.82) is 0 Å².